The SMILES string of the molecule is C=CCCOCCNC(C)c1cccc(F)c1F. The molecule has 0 fully saturated rings. The zero-order valence-electron chi connectivity index (χ0n) is 10.6. The molecule has 0 amide bonds. The van der Waals surface area contributed by atoms with Gasteiger partial charge in [-0.25, -0.2) is 8.78 Å². The molecule has 0 aromatic heterocycles. The first kappa shape index (κ1) is 14.8. The van der Waals surface area contributed by atoms with Crippen LogP contribution in [0.3, 0.4) is 0 Å². The van der Waals surface area contributed by atoms with Gasteiger partial charge < -0.3 is 10.1 Å². The highest BCUT2D eigenvalue weighted by Gasteiger charge is 2.13. The van der Waals surface area contributed by atoms with E-state index in [1.54, 1.807) is 19.1 Å². The highest BCUT2D eigenvalue weighted by molar-refractivity contribution is 5.21. The maximum absolute atomic E-state index is 13.5. The standard InChI is InChI=1S/C14H19F2NO/c1-3-4-9-18-10-8-17-11(2)12-6-5-7-13(15)14(12)16/h3,5-7,11,17H,1,4,8-10H2,2H3. The molecular formula is C14H19F2NO. The molecule has 0 saturated heterocycles. The number of benzene rings is 1. The van der Waals surface area contributed by atoms with Crippen molar-refractivity contribution in [3.63, 3.8) is 0 Å². The van der Waals surface area contributed by atoms with Gasteiger partial charge in [0.15, 0.2) is 11.6 Å². The van der Waals surface area contributed by atoms with E-state index in [-0.39, 0.29) is 6.04 Å². The molecule has 1 rings (SSSR count). The van der Waals surface area contributed by atoms with Crippen LogP contribution in [0.1, 0.15) is 24.9 Å². The fraction of sp³-hybridized carbons (Fsp3) is 0.429. The first-order valence-electron chi connectivity index (χ1n) is 6.02. The Morgan fingerprint density at radius 3 is 2.89 bits per heavy atom. The van der Waals surface area contributed by atoms with Crippen LogP contribution in [0, 0.1) is 11.6 Å². The lowest BCUT2D eigenvalue weighted by Crippen LogP contribution is -2.24. The summed E-state index contributed by atoms with van der Waals surface area (Å²) in [6.45, 7) is 7.15. The van der Waals surface area contributed by atoms with Gasteiger partial charge in [-0.3, -0.25) is 0 Å². The summed E-state index contributed by atoms with van der Waals surface area (Å²) >= 11 is 0. The van der Waals surface area contributed by atoms with Crippen molar-refractivity contribution < 1.29 is 13.5 Å². The van der Waals surface area contributed by atoms with Gasteiger partial charge in [-0.05, 0) is 19.4 Å². The Balaban J connectivity index is 2.34. The van der Waals surface area contributed by atoms with E-state index in [9.17, 15) is 8.78 Å². The highest BCUT2D eigenvalue weighted by Crippen LogP contribution is 2.18. The Bertz CT molecular complexity index is 382. The van der Waals surface area contributed by atoms with Crippen LogP contribution >= 0.6 is 0 Å². The first-order chi connectivity index (χ1) is 8.66. The number of ether oxygens (including phenoxy) is 1. The number of nitrogens with one attached hydrogen (secondary N) is 1. The number of rotatable bonds is 8. The molecule has 100 valence electrons. The van der Waals surface area contributed by atoms with Gasteiger partial charge in [0, 0.05) is 18.2 Å². The predicted molar refractivity (Wildman–Crippen MR) is 68.4 cm³/mol. The average Bonchev–Trinajstić information content (AvgIpc) is 2.36. The maximum Gasteiger partial charge on any atom is 0.163 e. The molecule has 1 N–H and O–H groups in total. The van der Waals surface area contributed by atoms with Crippen molar-refractivity contribution >= 4 is 0 Å². The fourth-order valence-electron chi connectivity index (χ4n) is 1.58. The molecule has 0 aliphatic rings. The summed E-state index contributed by atoms with van der Waals surface area (Å²) in [5.41, 5.74) is 0.334. The van der Waals surface area contributed by atoms with Crippen LogP contribution in [0.5, 0.6) is 0 Å². The topological polar surface area (TPSA) is 21.3 Å². The number of hydrogen-bond donors (Lipinski definition) is 1. The zero-order chi connectivity index (χ0) is 13.4. The van der Waals surface area contributed by atoms with E-state index in [2.05, 4.69) is 11.9 Å². The molecule has 1 aromatic carbocycles. The van der Waals surface area contributed by atoms with E-state index in [0.717, 1.165) is 12.5 Å². The molecule has 1 atom stereocenters. The van der Waals surface area contributed by atoms with Crippen molar-refractivity contribution in [2.24, 2.45) is 0 Å². The molecule has 0 heterocycles. The molecule has 0 aliphatic carbocycles. The van der Waals surface area contributed by atoms with Gasteiger partial charge >= 0.3 is 0 Å². The van der Waals surface area contributed by atoms with Crippen molar-refractivity contribution in [2.75, 3.05) is 19.8 Å². The summed E-state index contributed by atoms with van der Waals surface area (Å²) in [6.07, 6.45) is 2.60. The van der Waals surface area contributed by atoms with E-state index in [4.69, 9.17) is 4.74 Å². The second kappa shape index (κ2) is 7.95. The monoisotopic (exact) mass is 255 g/mol. The van der Waals surface area contributed by atoms with Gasteiger partial charge in [-0.15, -0.1) is 6.58 Å². The van der Waals surface area contributed by atoms with Crippen LogP contribution in [0.15, 0.2) is 30.9 Å². The summed E-state index contributed by atoms with van der Waals surface area (Å²) in [5.74, 6) is -1.60. The summed E-state index contributed by atoms with van der Waals surface area (Å²) in [6, 6.07) is 3.95. The Morgan fingerprint density at radius 2 is 2.17 bits per heavy atom. The number of hydrogen-bond acceptors (Lipinski definition) is 2. The van der Waals surface area contributed by atoms with Crippen molar-refractivity contribution in [1.82, 2.24) is 5.32 Å². The van der Waals surface area contributed by atoms with E-state index in [1.807, 2.05) is 0 Å². The smallest absolute Gasteiger partial charge is 0.163 e. The molecule has 0 radical (unpaired) electrons. The van der Waals surface area contributed by atoms with Crippen molar-refractivity contribution in [3.8, 4) is 0 Å². The summed E-state index contributed by atoms with van der Waals surface area (Å²) in [7, 11) is 0. The molecule has 1 aromatic rings. The third kappa shape index (κ3) is 4.55. The van der Waals surface area contributed by atoms with Crippen LogP contribution in [-0.2, 0) is 4.74 Å². The molecule has 0 aliphatic heterocycles. The maximum atomic E-state index is 13.5. The minimum atomic E-state index is -0.816. The van der Waals surface area contributed by atoms with Gasteiger partial charge in [0.2, 0.25) is 0 Å². The Labute approximate surface area is 107 Å². The summed E-state index contributed by atoms with van der Waals surface area (Å²) < 4.78 is 31.8. The Morgan fingerprint density at radius 1 is 1.39 bits per heavy atom. The molecule has 0 bridgehead atoms. The van der Waals surface area contributed by atoms with Gasteiger partial charge in [0.05, 0.1) is 13.2 Å². The van der Waals surface area contributed by atoms with Gasteiger partial charge in [-0.1, -0.05) is 18.2 Å². The summed E-state index contributed by atoms with van der Waals surface area (Å²) in [5, 5.41) is 3.09. The third-order valence-corrected chi connectivity index (χ3v) is 2.61. The van der Waals surface area contributed by atoms with Crippen LogP contribution in [-0.4, -0.2) is 19.8 Å². The summed E-state index contributed by atoms with van der Waals surface area (Å²) in [4.78, 5) is 0. The lowest BCUT2D eigenvalue weighted by molar-refractivity contribution is 0.138. The van der Waals surface area contributed by atoms with Crippen LogP contribution in [0.2, 0.25) is 0 Å². The second-order valence-corrected chi connectivity index (χ2v) is 4.01. The van der Waals surface area contributed by atoms with E-state index < -0.39 is 11.6 Å². The lowest BCUT2D eigenvalue weighted by Gasteiger charge is -2.15. The largest absolute Gasteiger partial charge is 0.380 e. The van der Waals surface area contributed by atoms with Crippen LogP contribution in [0.4, 0.5) is 8.78 Å². The van der Waals surface area contributed by atoms with Crippen molar-refractivity contribution in [1.29, 1.82) is 0 Å². The molecular weight excluding hydrogens is 236 g/mol. The molecule has 4 heteroatoms. The molecule has 0 saturated carbocycles. The predicted octanol–water partition coefficient (Wildman–Crippen LogP) is 3.21. The van der Waals surface area contributed by atoms with Crippen molar-refractivity contribution in [2.45, 2.75) is 19.4 Å². The third-order valence-electron chi connectivity index (χ3n) is 2.61. The van der Waals surface area contributed by atoms with Gasteiger partial charge in [0.1, 0.15) is 0 Å². The lowest BCUT2D eigenvalue weighted by atomic mass is 10.1. The fourth-order valence-corrected chi connectivity index (χ4v) is 1.58. The average molecular weight is 255 g/mol. The van der Waals surface area contributed by atoms with E-state index in [1.165, 1.54) is 6.07 Å². The Hall–Kier alpha value is -1.26. The molecule has 18 heavy (non-hydrogen) atoms. The minimum Gasteiger partial charge on any atom is -0.380 e. The molecule has 1 unspecified atom stereocenters. The minimum absolute atomic E-state index is 0.247. The Kier molecular flexibility index (Phi) is 6.54. The molecule has 2 nitrogen and oxygen atoms in total. The van der Waals surface area contributed by atoms with Crippen molar-refractivity contribution in [3.05, 3.63) is 48.1 Å². The van der Waals surface area contributed by atoms with Crippen LogP contribution in [0.25, 0.3) is 0 Å². The van der Waals surface area contributed by atoms with E-state index >= 15 is 0 Å². The van der Waals surface area contributed by atoms with E-state index in [0.29, 0.717) is 25.3 Å². The van der Waals surface area contributed by atoms with Gasteiger partial charge in [0.25, 0.3) is 0 Å². The quantitative estimate of drug-likeness (QED) is 0.569. The normalized spacial score (nSPS) is 12.4. The first-order valence-corrected chi connectivity index (χ1v) is 6.02. The zero-order valence-corrected chi connectivity index (χ0v) is 10.6. The second-order valence-electron chi connectivity index (χ2n) is 4.01. The molecule has 0 spiro atoms. The van der Waals surface area contributed by atoms with Crippen LogP contribution < -0.4 is 5.32 Å². The highest BCUT2D eigenvalue weighted by atomic mass is 19.2. The van der Waals surface area contributed by atoms with Gasteiger partial charge in [-0.2, -0.15) is 0 Å². The number of halogens is 2.